The van der Waals surface area contributed by atoms with Crippen LogP contribution in [0, 0.1) is 0 Å². The van der Waals surface area contributed by atoms with Crippen molar-refractivity contribution in [1.29, 1.82) is 0 Å². The van der Waals surface area contributed by atoms with Crippen LogP contribution in [-0.4, -0.2) is 57.4 Å². The van der Waals surface area contributed by atoms with E-state index < -0.39 is 9.84 Å². The second-order valence-electron chi connectivity index (χ2n) is 7.40. The molecule has 0 aliphatic carbocycles. The van der Waals surface area contributed by atoms with E-state index in [-0.39, 0.29) is 0 Å². The van der Waals surface area contributed by atoms with Gasteiger partial charge in [0.1, 0.15) is 11.3 Å². The normalized spacial score (nSPS) is 15.2. The van der Waals surface area contributed by atoms with Gasteiger partial charge in [0, 0.05) is 32.4 Å². The number of hydrogen-bond acceptors (Lipinski definition) is 9. The molecule has 1 saturated heterocycles. The average Bonchev–Trinajstić information content (AvgIpc) is 3.37. The largest absolute Gasteiger partial charge is 0.494 e. The van der Waals surface area contributed by atoms with Gasteiger partial charge in [0.25, 0.3) is 0 Å². The summed E-state index contributed by atoms with van der Waals surface area (Å²) < 4.78 is 31.8. The number of fused-ring (bicyclic) bond motifs is 2. The van der Waals surface area contributed by atoms with Crippen LogP contribution in [0.4, 0.5) is 10.3 Å². The molecule has 0 bridgehead atoms. The molecule has 0 amide bonds. The number of aromatic nitrogens is 2. The lowest BCUT2D eigenvalue weighted by molar-refractivity contribution is 0.341. The summed E-state index contributed by atoms with van der Waals surface area (Å²) in [5.41, 5.74) is 1.56. The predicted molar refractivity (Wildman–Crippen MR) is 128 cm³/mol. The maximum Gasteiger partial charge on any atom is 0.186 e. The van der Waals surface area contributed by atoms with E-state index in [9.17, 15) is 8.42 Å². The molecule has 0 saturated carbocycles. The van der Waals surface area contributed by atoms with Crippen LogP contribution >= 0.6 is 22.7 Å². The first-order chi connectivity index (χ1) is 14.9. The van der Waals surface area contributed by atoms with Gasteiger partial charge in [-0.2, -0.15) is 0 Å². The number of nitrogens with zero attached hydrogens (tertiary/aromatic N) is 4. The molecule has 2 aromatic heterocycles. The van der Waals surface area contributed by atoms with E-state index in [2.05, 4.69) is 20.9 Å². The lowest BCUT2D eigenvalue weighted by atomic mass is 10.3. The fraction of sp³-hybridized carbons (Fsp3) is 0.333. The molecule has 7 nitrogen and oxygen atoms in total. The summed E-state index contributed by atoms with van der Waals surface area (Å²) in [5, 5.41) is 1.89. The number of thiazole rings is 2. The SMILES string of the molecule is CCOc1ccc2nc(N3CCN(c4nc5c(S(C)(=O)=O)cccc5s4)CC3)sc2c1. The third-order valence-electron chi connectivity index (χ3n) is 5.25. The second kappa shape index (κ2) is 7.92. The van der Waals surface area contributed by atoms with Gasteiger partial charge in [0.15, 0.2) is 20.1 Å². The Bertz CT molecular complexity index is 1350. The molecule has 0 spiro atoms. The summed E-state index contributed by atoms with van der Waals surface area (Å²) in [6, 6.07) is 11.4. The molecular formula is C21H22N4O3S3. The fourth-order valence-corrected chi connectivity index (χ4v) is 6.71. The number of piperazine rings is 1. The highest BCUT2D eigenvalue weighted by atomic mass is 32.2. The van der Waals surface area contributed by atoms with Gasteiger partial charge in [0.05, 0.1) is 26.4 Å². The zero-order chi connectivity index (χ0) is 21.6. The van der Waals surface area contributed by atoms with Crippen LogP contribution in [0.25, 0.3) is 20.4 Å². The molecule has 1 aliphatic rings. The van der Waals surface area contributed by atoms with Crippen molar-refractivity contribution in [3.05, 3.63) is 36.4 Å². The van der Waals surface area contributed by atoms with Gasteiger partial charge >= 0.3 is 0 Å². The van der Waals surface area contributed by atoms with E-state index in [0.717, 1.165) is 57.1 Å². The molecule has 0 atom stereocenters. The third-order valence-corrected chi connectivity index (χ3v) is 8.54. The molecule has 0 radical (unpaired) electrons. The molecule has 162 valence electrons. The molecular weight excluding hydrogens is 452 g/mol. The average molecular weight is 475 g/mol. The first-order valence-electron chi connectivity index (χ1n) is 10.1. The smallest absolute Gasteiger partial charge is 0.186 e. The number of benzene rings is 2. The second-order valence-corrected chi connectivity index (χ2v) is 11.4. The molecule has 5 rings (SSSR count). The van der Waals surface area contributed by atoms with Crippen molar-refractivity contribution >= 4 is 63.2 Å². The van der Waals surface area contributed by atoms with Gasteiger partial charge in [-0.3, -0.25) is 0 Å². The van der Waals surface area contributed by atoms with Gasteiger partial charge in [0.2, 0.25) is 0 Å². The molecule has 31 heavy (non-hydrogen) atoms. The van der Waals surface area contributed by atoms with Gasteiger partial charge in [-0.1, -0.05) is 28.7 Å². The quantitative estimate of drug-likeness (QED) is 0.432. The maximum atomic E-state index is 12.1. The summed E-state index contributed by atoms with van der Waals surface area (Å²) in [7, 11) is -3.31. The van der Waals surface area contributed by atoms with E-state index in [1.807, 2.05) is 25.1 Å². The number of sulfone groups is 1. The summed E-state index contributed by atoms with van der Waals surface area (Å²) in [6.07, 6.45) is 1.23. The summed E-state index contributed by atoms with van der Waals surface area (Å²) >= 11 is 3.23. The highest BCUT2D eigenvalue weighted by Crippen LogP contribution is 2.35. The Hall–Kier alpha value is -2.43. The lowest BCUT2D eigenvalue weighted by Crippen LogP contribution is -2.46. The zero-order valence-corrected chi connectivity index (χ0v) is 19.7. The Labute approximate surface area is 188 Å². The number of rotatable bonds is 5. The Kier molecular flexibility index (Phi) is 5.23. The number of para-hydroxylation sites is 1. The third kappa shape index (κ3) is 3.95. The van der Waals surface area contributed by atoms with Crippen molar-refractivity contribution in [2.75, 3.05) is 48.8 Å². The summed E-state index contributed by atoms with van der Waals surface area (Å²) in [4.78, 5) is 14.3. The minimum Gasteiger partial charge on any atom is -0.494 e. The van der Waals surface area contributed by atoms with E-state index >= 15 is 0 Å². The highest BCUT2D eigenvalue weighted by molar-refractivity contribution is 7.91. The molecule has 3 heterocycles. The van der Waals surface area contributed by atoms with Crippen LogP contribution < -0.4 is 14.5 Å². The fourth-order valence-electron chi connectivity index (χ4n) is 3.72. The van der Waals surface area contributed by atoms with Gasteiger partial charge in [-0.15, -0.1) is 0 Å². The molecule has 2 aromatic carbocycles. The van der Waals surface area contributed by atoms with Crippen molar-refractivity contribution in [2.45, 2.75) is 11.8 Å². The van der Waals surface area contributed by atoms with Crippen LogP contribution in [0.5, 0.6) is 5.75 Å². The Morgan fingerprint density at radius 2 is 1.65 bits per heavy atom. The predicted octanol–water partition coefficient (Wildman–Crippen LogP) is 4.03. The molecule has 0 N–H and O–H groups in total. The number of anilines is 2. The van der Waals surface area contributed by atoms with Crippen molar-refractivity contribution in [3.63, 3.8) is 0 Å². The van der Waals surface area contributed by atoms with Crippen LogP contribution in [-0.2, 0) is 9.84 Å². The minimum absolute atomic E-state index is 0.298. The van der Waals surface area contributed by atoms with E-state index in [1.54, 1.807) is 34.8 Å². The first-order valence-corrected chi connectivity index (χ1v) is 13.6. The first kappa shape index (κ1) is 20.5. The van der Waals surface area contributed by atoms with Crippen LogP contribution in [0.15, 0.2) is 41.3 Å². The number of hydrogen-bond donors (Lipinski definition) is 0. The highest BCUT2D eigenvalue weighted by Gasteiger charge is 2.23. The van der Waals surface area contributed by atoms with Gasteiger partial charge in [-0.05, 0) is 37.3 Å². The molecule has 0 unspecified atom stereocenters. The van der Waals surface area contributed by atoms with Crippen LogP contribution in [0.1, 0.15) is 6.92 Å². The number of ether oxygens (including phenoxy) is 1. The van der Waals surface area contributed by atoms with Crippen LogP contribution in [0.3, 0.4) is 0 Å². The molecule has 1 aliphatic heterocycles. The van der Waals surface area contributed by atoms with Crippen LogP contribution in [0.2, 0.25) is 0 Å². The van der Waals surface area contributed by atoms with Crippen molar-refractivity contribution in [3.8, 4) is 5.75 Å². The Morgan fingerprint density at radius 3 is 2.32 bits per heavy atom. The Balaban J connectivity index is 1.34. The minimum atomic E-state index is -3.31. The topological polar surface area (TPSA) is 75.6 Å². The molecule has 10 heteroatoms. The zero-order valence-electron chi connectivity index (χ0n) is 17.2. The summed E-state index contributed by atoms with van der Waals surface area (Å²) in [5.74, 6) is 0.874. The van der Waals surface area contributed by atoms with Crippen molar-refractivity contribution in [2.24, 2.45) is 0 Å². The summed E-state index contributed by atoms with van der Waals surface area (Å²) in [6.45, 7) is 5.94. The Morgan fingerprint density at radius 1 is 0.968 bits per heavy atom. The van der Waals surface area contributed by atoms with Gasteiger partial charge in [-0.25, -0.2) is 18.4 Å². The van der Waals surface area contributed by atoms with Gasteiger partial charge < -0.3 is 14.5 Å². The van der Waals surface area contributed by atoms with E-state index in [0.29, 0.717) is 17.0 Å². The maximum absolute atomic E-state index is 12.1. The molecule has 1 fully saturated rings. The van der Waals surface area contributed by atoms with Crippen molar-refractivity contribution < 1.29 is 13.2 Å². The van der Waals surface area contributed by atoms with E-state index in [1.165, 1.54) is 6.26 Å². The standard InChI is InChI=1S/C21H22N4O3S3/c1-3-28-14-7-8-15-17(13-14)30-20(22-15)24-9-11-25(12-10-24)21-23-19-16(29-21)5-4-6-18(19)31(2,26)27/h4-8,13H,3,9-12H2,1-2H3. The monoisotopic (exact) mass is 474 g/mol. The van der Waals surface area contributed by atoms with E-state index in [4.69, 9.17) is 9.72 Å². The lowest BCUT2D eigenvalue weighted by Gasteiger charge is -2.34. The molecule has 4 aromatic rings. The van der Waals surface area contributed by atoms with Crippen molar-refractivity contribution in [1.82, 2.24) is 9.97 Å².